The quantitative estimate of drug-likeness (QED) is 0.404. The highest BCUT2D eigenvalue weighted by molar-refractivity contribution is 6.19. The van der Waals surface area contributed by atoms with Crippen LogP contribution in [0.3, 0.4) is 0 Å². The van der Waals surface area contributed by atoms with Crippen molar-refractivity contribution in [1.29, 1.82) is 0 Å². The van der Waals surface area contributed by atoms with Crippen LogP contribution in [0, 0.1) is 0 Å². The Kier molecular flexibility index (Phi) is 1.59. The lowest BCUT2D eigenvalue weighted by molar-refractivity contribution is 0.0701. The van der Waals surface area contributed by atoms with E-state index in [9.17, 15) is 9.90 Å². The average molecular weight is 236 g/mol. The van der Waals surface area contributed by atoms with Crippen LogP contribution in [-0.2, 0) is 0 Å². The number of fused-ring (bicyclic) bond motifs is 4. The zero-order valence-corrected chi connectivity index (χ0v) is 9.31. The molecule has 0 bridgehead atoms. The molecule has 0 unspecified atom stereocenters. The van der Waals surface area contributed by atoms with E-state index >= 15 is 0 Å². The molecule has 0 amide bonds. The van der Waals surface area contributed by atoms with E-state index in [0.717, 1.165) is 21.9 Å². The topological polar surface area (TPSA) is 49.8 Å². The minimum absolute atomic E-state index is 0.331. The maximum Gasteiger partial charge on any atom is 0.337 e. The third-order valence-corrected chi connectivity index (χ3v) is 3.33. The Bertz CT molecular complexity index is 834. The number of carboxylic acid groups (broad SMARTS) is 1. The predicted molar refractivity (Wildman–Crippen MR) is 68.5 cm³/mol. The van der Waals surface area contributed by atoms with Crippen LogP contribution in [0.2, 0.25) is 0 Å². The summed E-state index contributed by atoms with van der Waals surface area (Å²) in [6, 6.07) is 13.3. The normalized spacial score (nSPS) is 12.2. The Hall–Kier alpha value is -2.55. The van der Waals surface area contributed by atoms with E-state index in [1.165, 1.54) is 0 Å². The molecule has 0 atom stereocenters. The summed E-state index contributed by atoms with van der Waals surface area (Å²) in [5.74, 6) is 0.566. The predicted octanol–water partition coefficient (Wildman–Crippen LogP) is 3.80. The van der Waals surface area contributed by atoms with Gasteiger partial charge in [-0.2, -0.15) is 0 Å². The maximum atomic E-state index is 11.5. The molecular weight excluding hydrogens is 228 g/mol. The van der Waals surface area contributed by atoms with Gasteiger partial charge in [-0.3, -0.25) is 0 Å². The first-order valence-corrected chi connectivity index (χ1v) is 5.65. The molecule has 18 heavy (non-hydrogen) atoms. The number of hydrogen-bond acceptors (Lipinski definition) is 2. The molecule has 3 aromatic rings. The van der Waals surface area contributed by atoms with E-state index in [1.807, 2.05) is 42.5 Å². The number of ether oxygens (including phenoxy) is 1. The third-order valence-electron chi connectivity index (χ3n) is 3.33. The fraction of sp³-hybridized carbons (Fsp3) is 0. The van der Waals surface area contributed by atoms with Gasteiger partial charge in [-0.05, 0) is 28.3 Å². The number of carboxylic acids is 1. The Balaban J connectivity index is 2.32. The summed E-state index contributed by atoms with van der Waals surface area (Å²) >= 11 is 0. The fourth-order valence-corrected chi connectivity index (χ4v) is 2.50. The molecule has 0 saturated carbocycles. The molecule has 0 fully saturated rings. The summed E-state index contributed by atoms with van der Waals surface area (Å²) < 4.78 is 5.33. The van der Waals surface area contributed by atoms with Gasteiger partial charge in [-0.1, -0.05) is 30.3 Å². The lowest BCUT2D eigenvalue weighted by Crippen LogP contribution is -1.98. The standard InChI is InChI=1S/C15H8O3/c16-15(17)13-10-4-2-1-3-8(10)7-9-5-6-11-14(18-11)12(9)13/h1-7H,(H,16,17). The molecule has 1 N–H and O–H groups in total. The molecule has 3 nitrogen and oxygen atoms in total. The highest BCUT2D eigenvalue weighted by Gasteiger charge is 2.28. The molecule has 1 aliphatic heterocycles. The molecule has 3 heteroatoms. The van der Waals surface area contributed by atoms with Crippen LogP contribution in [0.5, 0.6) is 11.5 Å². The first kappa shape index (κ1) is 9.48. The number of hydrogen-bond donors (Lipinski definition) is 1. The van der Waals surface area contributed by atoms with E-state index < -0.39 is 5.97 Å². The second-order valence-corrected chi connectivity index (χ2v) is 4.37. The summed E-state index contributed by atoms with van der Waals surface area (Å²) in [4.78, 5) is 11.5. The highest BCUT2D eigenvalue weighted by Crippen LogP contribution is 2.52. The van der Waals surface area contributed by atoms with E-state index in [2.05, 4.69) is 0 Å². The molecule has 0 radical (unpaired) electrons. The van der Waals surface area contributed by atoms with Crippen LogP contribution in [-0.4, -0.2) is 11.1 Å². The lowest BCUT2D eigenvalue weighted by Gasteiger charge is -2.06. The third kappa shape index (κ3) is 1.10. The van der Waals surface area contributed by atoms with Gasteiger partial charge in [0.25, 0.3) is 0 Å². The smallest absolute Gasteiger partial charge is 0.337 e. The van der Waals surface area contributed by atoms with Gasteiger partial charge in [0, 0.05) is 5.39 Å². The van der Waals surface area contributed by atoms with Gasteiger partial charge in [0.1, 0.15) is 0 Å². The van der Waals surface area contributed by atoms with Crippen molar-refractivity contribution in [3.05, 3.63) is 48.0 Å². The van der Waals surface area contributed by atoms with Gasteiger partial charge in [0.2, 0.25) is 0 Å². The van der Waals surface area contributed by atoms with Gasteiger partial charge in [-0.15, -0.1) is 0 Å². The Morgan fingerprint density at radius 2 is 1.89 bits per heavy atom. The molecule has 1 aliphatic rings. The van der Waals surface area contributed by atoms with Gasteiger partial charge >= 0.3 is 5.97 Å². The number of benzene rings is 3. The van der Waals surface area contributed by atoms with E-state index in [0.29, 0.717) is 16.7 Å². The van der Waals surface area contributed by atoms with Crippen LogP contribution in [0.1, 0.15) is 10.4 Å². The summed E-state index contributed by atoms with van der Waals surface area (Å²) in [6.07, 6.45) is 0. The van der Waals surface area contributed by atoms with Crippen LogP contribution < -0.4 is 4.74 Å². The lowest BCUT2D eigenvalue weighted by atomic mass is 9.97. The first-order valence-electron chi connectivity index (χ1n) is 5.65. The van der Waals surface area contributed by atoms with Crippen molar-refractivity contribution >= 4 is 27.5 Å². The summed E-state index contributed by atoms with van der Waals surface area (Å²) in [7, 11) is 0. The number of carbonyl (C=O) groups is 1. The minimum atomic E-state index is -0.916. The van der Waals surface area contributed by atoms with Crippen molar-refractivity contribution in [2.24, 2.45) is 0 Å². The maximum absolute atomic E-state index is 11.5. The SMILES string of the molecule is O=C(O)c1c2ccccc2cc2ccc3c(c12)O3. The zero-order valence-electron chi connectivity index (χ0n) is 9.31. The van der Waals surface area contributed by atoms with Crippen LogP contribution in [0.25, 0.3) is 21.5 Å². The van der Waals surface area contributed by atoms with Crippen molar-refractivity contribution in [2.75, 3.05) is 0 Å². The Morgan fingerprint density at radius 3 is 2.72 bits per heavy atom. The molecule has 0 saturated heterocycles. The summed E-state index contributed by atoms with van der Waals surface area (Å²) in [5, 5.41) is 12.8. The Morgan fingerprint density at radius 1 is 1.06 bits per heavy atom. The monoisotopic (exact) mass is 236 g/mol. The van der Waals surface area contributed by atoms with Gasteiger partial charge in [0.05, 0.1) is 5.56 Å². The first-order chi connectivity index (χ1) is 8.75. The van der Waals surface area contributed by atoms with Gasteiger partial charge < -0.3 is 9.84 Å². The second-order valence-electron chi connectivity index (χ2n) is 4.37. The largest absolute Gasteiger partial charge is 0.478 e. The molecule has 86 valence electrons. The van der Waals surface area contributed by atoms with Crippen molar-refractivity contribution in [1.82, 2.24) is 0 Å². The highest BCUT2D eigenvalue weighted by atomic mass is 16.6. The molecule has 0 aliphatic carbocycles. The molecule has 3 aromatic carbocycles. The summed E-state index contributed by atoms with van der Waals surface area (Å²) in [5.41, 5.74) is 0.331. The molecular formula is C15H8O3. The number of aromatic carboxylic acids is 1. The molecule has 0 spiro atoms. The summed E-state index contributed by atoms with van der Waals surface area (Å²) in [6.45, 7) is 0. The van der Waals surface area contributed by atoms with Gasteiger partial charge in [0.15, 0.2) is 11.5 Å². The van der Waals surface area contributed by atoms with Crippen molar-refractivity contribution < 1.29 is 14.6 Å². The minimum Gasteiger partial charge on any atom is -0.478 e. The number of rotatable bonds is 1. The van der Waals surface area contributed by atoms with Crippen LogP contribution in [0.4, 0.5) is 0 Å². The van der Waals surface area contributed by atoms with Crippen molar-refractivity contribution in [2.45, 2.75) is 0 Å². The van der Waals surface area contributed by atoms with Crippen LogP contribution >= 0.6 is 0 Å². The zero-order chi connectivity index (χ0) is 12.3. The van der Waals surface area contributed by atoms with E-state index in [-0.39, 0.29) is 0 Å². The van der Waals surface area contributed by atoms with E-state index in [4.69, 9.17) is 4.74 Å². The van der Waals surface area contributed by atoms with Crippen LogP contribution in [0.15, 0.2) is 42.5 Å². The molecule has 0 aromatic heterocycles. The molecule has 1 heterocycles. The second kappa shape index (κ2) is 3.01. The Labute approximate surface area is 102 Å². The van der Waals surface area contributed by atoms with Crippen molar-refractivity contribution in [3.8, 4) is 11.5 Å². The van der Waals surface area contributed by atoms with Crippen molar-refractivity contribution in [3.63, 3.8) is 0 Å². The molecule has 4 rings (SSSR count). The average Bonchev–Trinajstić information content (AvgIpc) is 3.15. The van der Waals surface area contributed by atoms with E-state index in [1.54, 1.807) is 0 Å². The fourth-order valence-electron chi connectivity index (χ4n) is 2.50. The van der Waals surface area contributed by atoms with Gasteiger partial charge in [-0.25, -0.2) is 4.79 Å².